The molecule has 1 aliphatic rings. The number of carboxylic acid groups (broad SMARTS) is 1. The molecular weight excluding hydrogens is 285 g/mol. The number of hydrogen-bond acceptors (Lipinski definition) is 2. The second kappa shape index (κ2) is 6.90. The maximum Gasteiger partial charge on any atom is 0.329 e. The van der Waals surface area contributed by atoms with E-state index in [0.29, 0.717) is 25.2 Å². The zero-order chi connectivity index (χ0) is 16.2. The fraction of sp³-hybridized carbons (Fsp3) is 0.529. The molecule has 0 unspecified atom stereocenters. The minimum Gasteiger partial charge on any atom is -0.480 e. The van der Waals surface area contributed by atoms with E-state index in [-0.39, 0.29) is 18.1 Å². The largest absolute Gasteiger partial charge is 0.480 e. The lowest BCUT2D eigenvalue weighted by atomic mass is 9.77. The van der Waals surface area contributed by atoms with Crippen LogP contribution >= 0.6 is 0 Å². The fourth-order valence-electron chi connectivity index (χ4n) is 2.89. The first-order valence-electron chi connectivity index (χ1n) is 7.70. The van der Waals surface area contributed by atoms with Gasteiger partial charge in [-0.25, -0.2) is 9.18 Å². The van der Waals surface area contributed by atoms with E-state index >= 15 is 0 Å². The normalized spacial score (nSPS) is 24.7. The Morgan fingerprint density at radius 3 is 2.41 bits per heavy atom. The predicted octanol–water partition coefficient (Wildman–Crippen LogP) is 2.91. The van der Waals surface area contributed by atoms with Gasteiger partial charge < -0.3 is 10.4 Å². The van der Waals surface area contributed by atoms with Gasteiger partial charge >= 0.3 is 5.97 Å². The van der Waals surface area contributed by atoms with E-state index in [1.807, 2.05) is 0 Å². The van der Waals surface area contributed by atoms with Crippen molar-refractivity contribution in [1.82, 2.24) is 5.32 Å². The van der Waals surface area contributed by atoms with Crippen LogP contribution in [0.5, 0.6) is 0 Å². The van der Waals surface area contributed by atoms with Crippen molar-refractivity contribution >= 4 is 11.9 Å². The second-order valence-corrected chi connectivity index (χ2v) is 6.24. The highest BCUT2D eigenvalue weighted by molar-refractivity contribution is 5.87. The number of amides is 1. The van der Waals surface area contributed by atoms with Gasteiger partial charge in [-0.3, -0.25) is 4.79 Å². The summed E-state index contributed by atoms with van der Waals surface area (Å²) in [5.41, 5.74) is -0.259. The maximum absolute atomic E-state index is 12.8. The molecule has 1 aliphatic carbocycles. The number of aryl methyl sites for hydroxylation is 1. The number of carbonyl (C=O) groups excluding carboxylic acids is 1. The van der Waals surface area contributed by atoms with Crippen LogP contribution in [0.25, 0.3) is 0 Å². The topological polar surface area (TPSA) is 66.4 Å². The Kier molecular flexibility index (Phi) is 5.16. The Hall–Kier alpha value is -1.91. The third-order valence-corrected chi connectivity index (χ3v) is 4.47. The molecule has 1 amide bonds. The first-order valence-corrected chi connectivity index (χ1v) is 7.70. The molecule has 1 aromatic rings. The molecule has 1 fully saturated rings. The molecule has 0 atom stereocenters. The average Bonchev–Trinajstić information content (AvgIpc) is 2.49. The number of nitrogens with one attached hydrogen (secondary N) is 1. The molecule has 0 spiro atoms. The van der Waals surface area contributed by atoms with Gasteiger partial charge in [0.1, 0.15) is 11.4 Å². The van der Waals surface area contributed by atoms with Crippen LogP contribution in [0.1, 0.15) is 44.6 Å². The molecule has 5 heteroatoms. The quantitative estimate of drug-likeness (QED) is 0.879. The minimum absolute atomic E-state index is 0.205. The minimum atomic E-state index is -1.12. The molecule has 22 heavy (non-hydrogen) atoms. The van der Waals surface area contributed by atoms with E-state index in [4.69, 9.17) is 0 Å². The zero-order valence-electron chi connectivity index (χ0n) is 12.8. The molecule has 120 valence electrons. The zero-order valence-corrected chi connectivity index (χ0v) is 12.8. The molecule has 2 rings (SSSR count). The molecule has 1 saturated carbocycles. The average molecular weight is 307 g/mol. The van der Waals surface area contributed by atoms with E-state index < -0.39 is 11.5 Å². The van der Waals surface area contributed by atoms with Gasteiger partial charge in [-0.2, -0.15) is 0 Å². The highest BCUT2D eigenvalue weighted by atomic mass is 19.1. The highest BCUT2D eigenvalue weighted by Crippen LogP contribution is 2.32. The van der Waals surface area contributed by atoms with E-state index in [0.717, 1.165) is 18.4 Å². The number of halogens is 1. The number of aliphatic carboxylic acids is 1. The van der Waals surface area contributed by atoms with Crippen LogP contribution in [0.3, 0.4) is 0 Å². The van der Waals surface area contributed by atoms with Crippen molar-refractivity contribution in [3.63, 3.8) is 0 Å². The van der Waals surface area contributed by atoms with E-state index in [1.165, 1.54) is 12.1 Å². The molecular formula is C17H22FNO3. The van der Waals surface area contributed by atoms with Gasteiger partial charge in [-0.15, -0.1) is 0 Å². The van der Waals surface area contributed by atoms with Gasteiger partial charge in [0.25, 0.3) is 0 Å². The standard InChI is InChI=1S/C17H22FNO3/c1-12-8-10-17(11-9-12,16(21)22)19-15(20)7-4-13-2-5-14(18)6-3-13/h2-3,5-6,12H,4,7-11H2,1H3,(H,19,20)(H,21,22). The van der Waals surface area contributed by atoms with Gasteiger partial charge in [-0.1, -0.05) is 19.1 Å². The Morgan fingerprint density at radius 2 is 1.86 bits per heavy atom. The van der Waals surface area contributed by atoms with Crippen LogP contribution in [-0.4, -0.2) is 22.5 Å². The molecule has 0 aromatic heterocycles. The van der Waals surface area contributed by atoms with Gasteiger partial charge in [0.2, 0.25) is 5.91 Å². The van der Waals surface area contributed by atoms with E-state index in [2.05, 4.69) is 12.2 Å². The molecule has 0 saturated heterocycles. The summed E-state index contributed by atoms with van der Waals surface area (Å²) in [6.45, 7) is 2.10. The summed E-state index contributed by atoms with van der Waals surface area (Å²) in [5.74, 6) is -1.02. The smallest absolute Gasteiger partial charge is 0.329 e. The number of carbonyl (C=O) groups is 2. The Morgan fingerprint density at radius 1 is 1.27 bits per heavy atom. The first kappa shape index (κ1) is 16.5. The van der Waals surface area contributed by atoms with Gasteiger partial charge in [0, 0.05) is 6.42 Å². The highest BCUT2D eigenvalue weighted by Gasteiger charge is 2.42. The van der Waals surface area contributed by atoms with Crippen molar-refractivity contribution in [3.05, 3.63) is 35.6 Å². The maximum atomic E-state index is 12.8. The van der Waals surface area contributed by atoms with Gasteiger partial charge in [-0.05, 0) is 55.7 Å². The lowest BCUT2D eigenvalue weighted by Crippen LogP contribution is -2.56. The van der Waals surface area contributed by atoms with Crippen LogP contribution in [0.4, 0.5) is 4.39 Å². The van der Waals surface area contributed by atoms with E-state index in [9.17, 15) is 19.1 Å². The summed E-state index contributed by atoms with van der Waals surface area (Å²) < 4.78 is 12.8. The Bertz CT molecular complexity index is 533. The molecule has 1 aromatic carbocycles. The summed E-state index contributed by atoms with van der Waals surface area (Å²) in [5, 5.41) is 12.2. The van der Waals surface area contributed by atoms with Crippen molar-refractivity contribution < 1.29 is 19.1 Å². The van der Waals surface area contributed by atoms with Crippen LogP contribution in [0, 0.1) is 11.7 Å². The SMILES string of the molecule is CC1CCC(NC(=O)CCc2ccc(F)cc2)(C(=O)O)CC1. The van der Waals surface area contributed by atoms with Gasteiger partial charge in [0.05, 0.1) is 0 Å². The van der Waals surface area contributed by atoms with Crippen LogP contribution in [-0.2, 0) is 16.0 Å². The molecule has 0 heterocycles. The molecule has 2 N–H and O–H groups in total. The third-order valence-electron chi connectivity index (χ3n) is 4.47. The van der Waals surface area contributed by atoms with Crippen molar-refractivity contribution in [3.8, 4) is 0 Å². The molecule has 0 bridgehead atoms. The monoisotopic (exact) mass is 307 g/mol. The second-order valence-electron chi connectivity index (χ2n) is 6.24. The van der Waals surface area contributed by atoms with Crippen LogP contribution in [0.2, 0.25) is 0 Å². The number of hydrogen-bond donors (Lipinski definition) is 2. The van der Waals surface area contributed by atoms with Crippen molar-refractivity contribution in [2.45, 2.75) is 51.0 Å². The van der Waals surface area contributed by atoms with Crippen molar-refractivity contribution in [2.24, 2.45) is 5.92 Å². The van der Waals surface area contributed by atoms with Crippen LogP contribution < -0.4 is 5.32 Å². The van der Waals surface area contributed by atoms with Gasteiger partial charge in [0.15, 0.2) is 0 Å². The Balaban J connectivity index is 1.91. The lowest BCUT2D eigenvalue weighted by Gasteiger charge is -2.36. The Labute approximate surface area is 129 Å². The predicted molar refractivity (Wildman–Crippen MR) is 80.9 cm³/mol. The summed E-state index contributed by atoms with van der Waals surface area (Å²) >= 11 is 0. The number of benzene rings is 1. The number of carboxylic acids is 1. The first-order chi connectivity index (χ1) is 10.4. The summed E-state index contributed by atoms with van der Waals surface area (Å²) in [6, 6.07) is 5.98. The van der Waals surface area contributed by atoms with Crippen LogP contribution in [0.15, 0.2) is 24.3 Å². The summed E-state index contributed by atoms with van der Waals surface area (Å²) in [7, 11) is 0. The molecule has 0 radical (unpaired) electrons. The molecule has 4 nitrogen and oxygen atoms in total. The lowest BCUT2D eigenvalue weighted by molar-refractivity contribution is -0.149. The summed E-state index contributed by atoms with van der Waals surface area (Å²) in [6.07, 6.45) is 3.25. The number of rotatable bonds is 5. The fourth-order valence-corrected chi connectivity index (χ4v) is 2.89. The van der Waals surface area contributed by atoms with E-state index in [1.54, 1.807) is 12.1 Å². The third kappa shape index (κ3) is 4.06. The summed E-state index contributed by atoms with van der Waals surface area (Å²) in [4.78, 5) is 23.7. The van der Waals surface area contributed by atoms with Crippen molar-refractivity contribution in [1.29, 1.82) is 0 Å². The van der Waals surface area contributed by atoms with Crippen molar-refractivity contribution in [2.75, 3.05) is 0 Å². The molecule has 0 aliphatic heterocycles.